The van der Waals surface area contributed by atoms with Crippen molar-refractivity contribution in [2.45, 2.75) is 18.0 Å². The van der Waals surface area contributed by atoms with Gasteiger partial charge in [0.25, 0.3) is 0 Å². The minimum atomic E-state index is -2.97. The van der Waals surface area contributed by atoms with Gasteiger partial charge < -0.3 is 9.47 Å². The number of methoxy groups -OCH3 is 2. The number of tetrazole rings is 1. The highest BCUT2D eigenvalue weighted by Gasteiger charge is 2.13. The van der Waals surface area contributed by atoms with Crippen LogP contribution in [0.2, 0.25) is 0 Å². The van der Waals surface area contributed by atoms with Gasteiger partial charge in [0.05, 0.1) is 12.3 Å². The van der Waals surface area contributed by atoms with Crippen molar-refractivity contribution in [3.8, 4) is 0 Å². The third kappa shape index (κ3) is 5.29. The molecule has 104 valence electrons. The molecule has 0 aliphatic rings. The van der Waals surface area contributed by atoms with Gasteiger partial charge in [0.2, 0.25) is 5.16 Å². The van der Waals surface area contributed by atoms with E-state index >= 15 is 0 Å². The lowest BCUT2D eigenvalue weighted by Gasteiger charge is -2.13. The number of thioether (sulfide) groups is 1. The average molecular weight is 296 g/mol. The fourth-order valence-corrected chi connectivity index (χ4v) is 3.17. The zero-order valence-corrected chi connectivity index (χ0v) is 12.1. The summed E-state index contributed by atoms with van der Waals surface area (Å²) in [5.41, 5.74) is 0. The van der Waals surface area contributed by atoms with Crippen molar-refractivity contribution < 1.29 is 17.9 Å². The topological polar surface area (TPSA) is 96.2 Å². The second kappa shape index (κ2) is 7.02. The summed E-state index contributed by atoms with van der Waals surface area (Å²) in [7, 11) is 0.0750. The summed E-state index contributed by atoms with van der Waals surface area (Å²) in [5, 5.41) is 11.7. The van der Waals surface area contributed by atoms with Gasteiger partial charge in [-0.05, 0) is 10.4 Å². The molecule has 0 fully saturated rings. The van der Waals surface area contributed by atoms with Crippen molar-refractivity contribution in [3.05, 3.63) is 0 Å². The Morgan fingerprint density at radius 3 is 2.61 bits per heavy atom. The SMILES string of the molecule is COC(Cn1nnnc1SCCS(C)(=O)=O)OC. The van der Waals surface area contributed by atoms with E-state index < -0.39 is 16.1 Å². The molecule has 0 atom stereocenters. The molecule has 18 heavy (non-hydrogen) atoms. The van der Waals surface area contributed by atoms with Crippen LogP contribution in [0.1, 0.15) is 0 Å². The minimum Gasteiger partial charge on any atom is -0.354 e. The largest absolute Gasteiger partial charge is 0.354 e. The fraction of sp³-hybridized carbons (Fsp3) is 0.875. The van der Waals surface area contributed by atoms with E-state index in [-0.39, 0.29) is 5.75 Å². The van der Waals surface area contributed by atoms with Crippen molar-refractivity contribution >= 4 is 21.6 Å². The van der Waals surface area contributed by atoms with Crippen LogP contribution in [-0.2, 0) is 25.9 Å². The number of hydrogen-bond acceptors (Lipinski definition) is 8. The molecule has 0 bridgehead atoms. The molecule has 0 amide bonds. The summed E-state index contributed by atoms with van der Waals surface area (Å²) in [4.78, 5) is 0. The molecule has 0 aliphatic heterocycles. The van der Waals surface area contributed by atoms with E-state index in [9.17, 15) is 8.42 Å². The van der Waals surface area contributed by atoms with Crippen LogP contribution in [0, 0.1) is 0 Å². The summed E-state index contributed by atoms with van der Waals surface area (Å²) in [6.07, 6.45) is 0.755. The van der Waals surface area contributed by atoms with Gasteiger partial charge in [0.15, 0.2) is 6.29 Å². The zero-order valence-electron chi connectivity index (χ0n) is 10.4. The lowest BCUT2D eigenvalue weighted by Crippen LogP contribution is -2.22. The molecule has 0 N–H and O–H groups in total. The Morgan fingerprint density at radius 1 is 1.39 bits per heavy atom. The highest BCUT2D eigenvalue weighted by Crippen LogP contribution is 2.14. The molecule has 1 aromatic heterocycles. The monoisotopic (exact) mass is 296 g/mol. The number of nitrogens with zero attached hydrogens (tertiary/aromatic N) is 4. The standard InChI is InChI=1S/C8H16N4O4S2/c1-15-7(16-2)6-12-8(9-10-11-12)17-4-5-18(3,13)14/h7H,4-6H2,1-3H3. The number of sulfone groups is 1. The van der Waals surface area contributed by atoms with Crippen molar-refractivity contribution in [2.75, 3.05) is 32.0 Å². The Labute approximate surface area is 110 Å². The number of ether oxygens (including phenoxy) is 2. The van der Waals surface area contributed by atoms with E-state index in [1.807, 2.05) is 0 Å². The Hall–Kier alpha value is -0.710. The maximum absolute atomic E-state index is 11.0. The summed E-state index contributed by atoms with van der Waals surface area (Å²) < 4.78 is 33.6. The zero-order chi connectivity index (χ0) is 13.6. The van der Waals surface area contributed by atoms with Crippen LogP contribution in [-0.4, -0.2) is 66.9 Å². The molecule has 1 aromatic rings. The average Bonchev–Trinajstić information content (AvgIpc) is 2.72. The first kappa shape index (κ1) is 15.3. The molecular weight excluding hydrogens is 280 g/mol. The molecule has 1 rings (SSSR count). The Balaban J connectivity index is 2.54. The molecule has 0 saturated carbocycles. The van der Waals surface area contributed by atoms with Crippen molar-refractivity contribution in [1.29, 1.82) is 0 Å². The molecule has 10 heteroatoms. The minimum absolute atomic E-state index is 0.0858. The third-order valence-corrected chi connectivity index (χ3v) is 4.20. The Bertz CT molecular complexity index is 457. The molecular formula is C8H16N4O4S2. The second-order valence-electron chi connectivity index (χ2n) is 3.52. The van der Waals surface area contributed by atoms with Crippen LogP contribution >= 0.6 is 11.8 Å². The summed E-state index contributed by atoms with van der Waals surface area (Å²) in [6, 6.07) is 0. The Morgan fingerprint density at radius 2 is 2.06 bits per heavy atom. The van der Waals surface area contributed by atoms with Crippen LogP contribution in [0.5, 0.6) is 0 Å². The number of rotatable bonds is 8. The van der Waals surface area contributed by atoms with Gasteiger partial charge in [0.1, 0.15) is 9.84 Å². The van der Waals surface area contributed by atoms with Crippen molar-refractivity contribution in [1.82, 2.24) is 20.2 Å². The number of hydrogen-bond donors (Lipinski definition) is 0. The van der Waals surface area contributed by atoms with Gasteiger partial charge >= 0.3 is 0 Å². The van der Waals surface area contributed by atoms with Crippen LogP contribution < -0.4 is 0 Å². The lowest BCUT2D eigenvalue weighted by molar-refractivity contribution is -0.113. The number of aromatic nitrogens is 4. The highest BCUT2D eigenvalue weighted by atomic mass is 32.2. The van der Waals surface area contributed by atoms with Crippen LogP contribution in [0.4, 0.5) is 0 Å². The van der Waals surface area contributed by atoms with Gasteiger partial charge in [-0.15, -0.1) is 5.10 Å². The predicted octanol–water partition coefficient (Wildman–Crippen LogP) is -0.571. The predicted molar refractivity (Wildman–Crippen MR) is 66.1 cm³/mol. The van der Waals surface area contributed by atoms with Crippen LogP contribution in [0.3, 0.4) is 0 Å². The van der Waals surface area contributed by atoms with Gasteiger partial charge in [-0.2, -0.15) is 0 Å². The van der Waals surface area contributed by atoms with Crippen LogP contribution in [0.25, 0.3) is 0 Å². The van der Waals surface area contributed by atoms with E-state index in [4.69, 9.17) is 9.47 Å². The quantitative estimate of drug-likeness (QED) is 0.465. The fourth-order valence-electron chi connectivity index (χ4n) is 1.09. The molecule has 1 heterocycles. The summed E-state index contributed by atoms with van der Waals surface area (Å²) in [6.45, 7) is 0.348. The van der Waals surface area contributed by atoms with E-state index in [1.54, 1.807) is 0 Å². The van der Waals surface area contributed by atoms with Crippen molar-refractivity contribution in [3.63, 3.8) is 0 Å². The van der Waals surface area contributed by atoms with Gasteiger partial charge in [0, 0.05) is 26.2 Å². The van der Waals surface area contributed by atoms with E-state index in [2.05, 4.69) is 15.5 Å². The highest BCUT2D eigenvalue weighted by molar-refractivity contribution is 8.00. The van der Waals surface area contributed by atoms with E-state index in [0.29, 0.717) is 17.5 Å². The van der Waals surface area contributed by atoms with Gasteiger partial charge in [-0.1, -0.05) is 11.8 Å². The molecule has 0 aromatic carbocycles. The maximum atomic E-state index is 11.0. The molecule has 0 saturated heterocycles. The second-order valence-corrected chi connectivity index (χ2v) is 6.84. The molecule has 8 nitrogen and oxygen atoms in total. The molecule has 0 aliphatic carbocycles. The lowest BCUT2D eigenvalue weighted by atomic mass is 10.6. The van der Waals surface area contributed by atoms with Gasteiger partial charge in [-0.25, -0.2) is 13.1 Å². The maximum Gasteiger partial charge on any atom is 0.209 e. The first-order chi connectivity index (χ1) is 8.46. The summed E-state index contributed by atoms with van der Waals surface area (Å²) >= 11 is 1.28. The van der Waals surface area contributed by atoms with E-state index in [1.165, 1.54) is 36.9 Å². The molecule has 0 unspecified atom stereocenters. The normalized spacial score (nSPS) is 12.2. The van der Waals surface area contributed by atoms with Crippen molar-refractivity contribution in [2.24, 2.45) is 0 Å². The van der Waals surface area contributed by atoms with Crippen LogP contribution in [0.15, 0.2) is 5.16 Å². The summed E-state index contributed by atoms with van der Waals surface area (Å²) in [5.74, 6) is 0.492. The first-order valence-electron chi connectivity index (χ1n) is 5.08. The molecule has 0 spiro atoms. The smallest absolute Gasteiger partial charge is 0.209 e. The van der Waals surface area contributed by atoms with E-state index in [0.717, 1.165) is 0 Å². The molecule has 0 radical (unpaired) electrons. The third-order valence-electron chi connectivity index (χ3n) is 2.03. The Kier molecular flexibility index (Phi) is 5.99. The van der Waals surface area contributed by atoms with Gasteiger partial charge in [-0.3, -0.25) is 0 Å². The first-order valence-corrected chi connectivity index (χ1v) is 8.13.